The third kappa shape index (κ3) is 6.52. The fourth-order valence-electron chi connectivity index (χ4n) is 4.47. The first kappa shape index (κ1) is 30.5. The lowest BCUT2D eigenvalue weighted by Gasteiger charge is -2.22. The molecule has 0 aromatic carbocycles. The Morgan fingerprint density at radius 3 is 2.45 bits per heavy atom. The Balaban J connectivity index is 1.26. The molecule has 2 unspecified atom stereocenters. The average Bonchev–Trinajstić information content (AvgIpc) is 3.58. The Morgan fingerprint density at radius 1 is 1.00 bits per heavy atom. The molecule has 5 heterocycles. The molecule has 230 valence electrons. The predicted octanol–water partition coefficient (Wildman–Crippen LogP) is -2.23. The number of imidazole rings is 1. The van der Waals surface area contributed by atoms with Crippen molar-refractivity contribution >= 4 is 38.4 Å². The summed E-state index contributed by atoms with van der Waals surface area (Å²) in [5.74, 6) is 0.00388. The number of hydrogen-bond donors (Lipinski definition) is 7. The van der Waals surface area contributed by atoms with E-state index in [1.807, 2.05) is 0 Å². The zero-order valence-electron chi connectivity index (χ0n) is 21.2. The van der Waals surface area contributed by atoms with Gasteiger partial charge in [-0.1, -0.05) is 0 Å². The van der Waals surface area contributed by atoms with Crippen LogP contribution in [0.5, 0.6) is 0 Å². The number of phosphoric ester groups is 2. The molecule has 2 aliphatic rings. The van der Waals surface area contributed by atoms with Crippen molar-refractivity contribution in [1.82, 2.24) is 29.1 Å². The molecule has 3 aromatic rings. The summed E-state index contributed by atoms with van der Waals surface area (Å²) in [4.78, 5) is 56.3. The summed E-state index contributed by atoms with van der Waals surface area (Å²) in [5, 5.41) is 21.1. The zero-order chi connectivity index (χ0) is 30.4. The number of nitrogens with two attached hydrogens (primary N) is 2. The number of aromatic nitrogens is 6. The van der Waals surface area contributed by atoms with Crippen LogP contribution in [0.1, 0.15) is 18.9 Å². The number of nitrogens with zero attached hydrogens (tertiary/aromatic N) is 6. The first-order valence-electron chi connectivity index (χ1n) is 12.0. The minimum Gasteiger partial charge on any atom is -0.387 e. The quantitative estimate of drug-likeness (QED) is 0.116. The molecule has 0 saturated carbocycles. The van der Waals surface area contributed by atoms with Gasteiger partial charge in [-0.15, -0.1) is 0 Å². The monoisotopic (exact) mass is 636 g/mol. The van der Waals surface area contributed by atoms with Crippen LogP contribution in [0.3, 0.4) is 0 Å². The fraction of sp³-hybridized carbons (Fsp3) is 0.526. The number of nitrogen functional groups attached to an aromatic ring is 2. The van der Waals surface area contributed by atoms with Crippen LogP contribution in [0, 0.1) is 0 Å². The van der Waals surface area contributed by atoms with Crippen molar-refractivity contribution in [2.45, 2.75) is 49.4 Å². The molecule has 8 atom stereocenters. The van der Waals surface area contributed by atoms with Crippen LogP contribution in [0.25, 0.3) is 11.2 Å². The normalized spacial score (nSPS) is 29.7. The van der Waals surface area contributed by atoms with Crippen molar-refractivity contribution in [2.75, 3.05) is 24.7 Å². The van der Waals surface area contributed by atoms with Crippen molar-refractivity contribution in [3.05, 3.63) is 35.4 Å². The molecule has 9 N–H and O–H groups in total. The smallest absolute Gasteiger partial charge is 0.387 e. The number of fused-ring (bicyclic) bond motifs is 1. The molecule has 0 aliphatic carbocycles. The molecular formula is C19H26N8O13P2. The largest absolute Gasteiger partial charge is 0.472 e. The molecule has 2 aliphatic heterocycles. The van der Waals surface area contributed by atoms with Gasteiger partial charge in [0.05, 0.1) is 19.5 Å². The van der Waals surface area contributed by atoms with E-state index in [0.717, 1.165) is 4.57 Å². The zero-order valence-corrected chi connectivity index (χ0v) is 23.0. The van der Waals surface area contributed by atoms with Crippen LogP contribution >= 0.6 is 15.6 Å². The van der Waals surface area contributed by atoms with Gasteiger partial charge in [0.1, 0.15) is 54.4 Å². The number of aliphatic hydroxyl groups excluding tert-OH is 2. The molecule has 0 bridgehead atoms. The second kappa shape index (κ2) is 11.6. The number of ether oxygens (including phenoxy) is 2. The second-order valence-electron chi connectivity index (χ2n) is 9.23. The van der Waals surface area contributed by atoms with Gasteiger partial charge >= 0.3 is 21.3 Å². The molecular weight excluding hydrogens is 610 g/mol. The van der Waals surface area contributed by atoms with E-state index in [1.165, 1.54) is 29.5 Å². The van der Waals surface area contributed by atoms with Gasteiger partial charge in [0, 0.05) is 12.6 Å². The first-order valence-corrected chi connectivity index (χ1v) is 15.1. The van der Waals surface area contributed by atoms with E-state index in [9.17, 15) is 29.0 Å². The van der Waals surface area contributed by atoms with E-state index in [1.54, 1.807) is 0 Å². The summed E-state index contributed by atoms with van der Waals surface area (Å²) in [6.45, 7) is -1.53. The van der Waals surface area contributed by atoms with E-state index in [2.05, 4.69) is 24.5 Å². The SMILES string of the molecule is Nc1ccn(C2C[C@H](OP(=O)(O)OC[C@H]3O[C@@H](n4cnc5c(N)ncnc54)[C@H](O)[C@@H]3O)[C@@H](COP(=O)(O)O)O2)c(=O)n1. The third-order valence-electron chi connectivity index (χ3n) is 6.42. The maximum Gasteiger partial charge on any atom is 0.472 e. The summed E-state index contributed by atoms with van der Waals surface area (Å²) in [6.07, 6.45) is -6.12. The standard InChI is InChI=1S/C19H26N8O13P2/c20-11-1-2-26(19(30)25-11)12-3-8(9(38-12)4-36-41(31,32)33)40-42(34,35)37-5-10-14(28)15(29)18(39-10)27-7-24-13-16(21)22-6-23-17(13)27/h1-2,6-10,12,14-15,18,28-29H,3-5H2,(H,34,35)(H2,20,25,30)(H2,21,22,23)(H2,31,32,33)/t8-,9+,10+,12?,14+,15+,18+/m0/s1. The lowest BCUT2D eigenvalue weighted by atomic mass is 10.1. The van der Waals surface area contributed by atoms with Crippen LogP contribution in [-0.4, -0.2) is 97.7 Å². The number of phosphoric acid groups is 2. The van der Waals surface area contributed by atoms with Crippen LogP contribution < -0.4 is 17.2 Å². The molecule has 0 radical (unpaired) electrons. The van der Waals surface area contributed by atoms with Gasteiger partial charge in [-0.2, -0.15) is 4.98 Å². The summed E-state index contributed by atoms with van der Waals surface area (Å²) in [5.41, 5.74) is 10.9. The summed E-state index contributed by atoms with van der Waals surface area (Å²) in [7, 11) is -9.96. The van der Waals surface area contributed by atoms with Crippen LogP contribution in [0.4, 0.5) is 11.6 Å². The van der Waals surface area contributed by atoms with Gasteiger partial charge in [0.15, 0.2) is 17.7 Å². The molecule has 0 spiro atoms. The van der Waals surface area contributed by atoms with E-state index in [0.29, 0.717) is 0 Å². The Morgan fingerprint density at radius 2 is 1.74 bits per heavy atom. The highest BCUT2D eigenvalue weighted by molar-refractivity contribution is 7.47. The Hall–Kier alpha value is -2.91. The Labute approximate surface area is 234 Å². The van der Waals surface area contributed by atoms with E-state index in [-0.39, 0.29) is 29.2 Å². The van der Waals surface area contributed by atoms with E-state index < -0.39 is 77.5 Å². The highest BCUT2D eigenvalue weighted by Crippen LogP contribution is 2.49. The lowest BCUT2D eigenvalue weighted by molar-refractivity contribution is -0.0588. The number of hydrogen-bond acceptors (Lipinski definition) is 16. The molecule has 3 aromatic heterocycles. The molecule has 2 saturated heterocycles. The summed E-state index contributed by atoms with van der Waals surface area (Å²) < 4.78 is 52.3. The Kier molecular flexibility index (Phi) is 8.47. The molecule has 2 fully saturated rings. The molecule has 0 amide bonds. The third-order valence-corrected chi connectivity index (χ3v) is 7.92. The Bertz CT molecular complexity index is 1600. The number of aliphatic hydroxyl groups is 2. The van der Waals surface area contributed by atoms with Crippen LogP contribution in [0.15, 0.2) is 29.7 Å². The van der Waals surface area contributed by atoms with Gasteiger partial charge in [0.2, 0.25) is 0 Å². The average molecular weight is 636 g/mol. The number of anilines is 2. The summed E-state index contributed by atoms with van der Waals surface area (Å²) >= 11 is 0. The molecule has 5 rings (SSSR count). The van der Waals surface area contributed by atoms with Gasteiger partial charge in [-0.3, -0.25) is 22.7 Å². The van der Waals surface area contributed by atoms with Crippen molar-refractivity contribution in [2.24, 2.45) is 0 Å². The van der Waals surface area contributed by atoms with Gasteiger partial charge < -0.3 is 45.8 Å². The maximum absolute atomic E-state index is 12.9. The number of rotatable bonds is 10. The van der Waals surface area contributed by atoms with Crippen molar-refractivity contribution in [3.63, 3.8) is 0 Å². The van der Waals surface area contributed by atoms with Crippen molar-refractivity contribution in [3.8, 4) is 0 Å². The first-order chi connectivity index (χ1) is 19.7. The van der Waals surface area contributed by atoms with Crippen molar-refractivity contribution in [1.29, 1.82) is 0 Å². The van der Waals surface area contributed by atoms with Gasteiger partial charge in [-0.25, -0.2) is 28.9 Å². The highest BCUT2D eigenvalue weighted by atomic mass is 31.2. The topological polar surface area (TPSA) is 312 Å². The summed E-state index contributed by atoms with van der Waals surface area (Å²) in [6, 6.07) is 1.29. The predicted molar refractivity (Wildman–Crippen MR) is 136 cm³/mol. The van der Waals surface area contributed by atoms with Crippen LogP contribution in [0.2, 0.25) is 0 Å². The minimum atomic E-state index is -4.99. The van der Waals surface area contributed by atoms with Crippen molar-refractivity contribution < 1.29 is 57.1 Å². The molecule has 23 heteroatoms. The second-order valence-corrected chi connectivity index (χ2v) is 11.9. The molecule has 21 nitrogen and oxygen atoms in total. The minimum absolute atomic E-state index is 0.0704. The van der Waals surface area contributed by atoms with E-state index >= 15 is 0 Å². The maximum atomic E-state index is 12.9. The highest BCUT2D eigenvalue weighted by Gasteiger charge is 2.47. The lowest BCUT2D eigenvalue weighted by Crippen LogP contribution is -2.34. The molecule has 42 heavy (non-hydrogen) atoms. The van der Waals surface area contributed by atoms with Gasteiger partial charge in [0.25, 0.3) is 0 Å². The van der Waals surface area contributed by atoms with E-state index in [4.69, 9.17) is 39.8 Å². The fourth-order valence-corrected chi connectivity index (χ4v) is 5.77. The van der Waals surface area contributed by atoms with Crippen LogP contribution in [-0.2, 0) is 32.2 Å². The van der Waals surface area contributed by atoms with Gasteiger partial charge in [-0.05, 0) is 6.07 Å².